The molecule has 2 heterocycles. The molecule has 2 aromatic heterocycles. The van der Waals surface area contributed by atoms with E-state index in [2.05, 4.69) is 27.0 Å². The van der Waals surface area contributed by atoms with Gasteiger partial charge in [-0.05, 0) is 60.2 Å². The highest BCUT2D eigenvalue weighted by Crippen LogP contribution is 2.32. The van der Waals surface area contributed by atoms with E-state index in [-0.39, 0.29) is 11.7 Å². The van der Waals surface area contributed by atoms with Crippen LogP contribution in [0.25, 0.3) is 33.6 Å². The van der Waals surface area contributed by atoms with Gasteiger partial charge in [-0.25, -0.2) is 0 Å². The van der Waals surface area contributed by atoms with Crippen LogP contribution in [-0.2, 0) is 11.3 Å². The summed E-state index contributed by atoms with van der Waals surface area (Å²) in [6.07, 6.45) is 4.94. The number of phenolic OH excluding ortho intramolecular Hbond substituents is 1. The Balaban J connectivity index is 1.39. The van der Waals surface area contributed by atoms with Gasteiger partial charge in [0.25, 0.3) is 0 Å². The lowest BCUT2D eigenvalue weighted by molar-refractivity contribution is -0.116. The number of methoxy groups -OCH3 is 1. The average molecular weight is 484 g/mol. The fourth-order valence-electron chi connectivity index (χ4n) is 4.08. The molecule has 0 atom stereocenters. The first-order valence-electron chi connectivity index (χ1n) is 11.0. The van der Waals surface area contributed by atoms with E-state index in [1.54, 1.807) is 18.2 Å². The molecule has 0 aliphatic rings. The zero-order valence-electron chi connectivity index (χ0n) is 18.9. The van der Waals surface area contributed by atoms with Gasteiger partial charge in [-0.2, -0.15) is 0 Å². The predicted molar refractivity (Wildman–Crippen MR) is 139 cm³/mol. The van der Waals surface area contributed by atoms with Gasteiger partial charge in [0.15, 0.2) is 11.5 Å². The van der Waals surface area contributed by atoms with Crippen molar-refractivity contribution in [3.63, 3.8) is 0 Å². The summed E-state index contributed by atoms with van der Waals surface area (Å²) in [6.45, 7) is 0.290. The zero-order chi connectivity index (χ0) is 24.4. The second-order valence-corrected chi connectivity index (χ2v) is 8.44. The lowest BCUT2D eigenvalue weighted by Gasteiger charge is -2.08. The van der Waals surface area contributed by atoms with Crippen molar-refractivity contribution in [2.45, 2.75) is 6.54 Å². The van der Waals surface area contributed by atoms with E-state index in [1.165, 1.54) is 19.3 Å². The Morgan fingerprint density at radius 1 is 1.06 bits per heavy atom. The number of benzene rings is 3. The van der Waals surface area contributed by atoms with Gasteiger partial charge in [0.1, 0.15) is 0 Å². The number of amides is 1. The molecule has 5 aromatic rings. The summed E-state index contributed by atoms with van der Waals surface area (Å²) >= 11 is 6.09. The highest BCUT2D eigenvalue weighted by molar-refractivity contribution is 6.30. The number of aromatic nitrogens is 2. The van der Waals surface area contributed by atoms with Crippen LogP contribution < -0.4 is 10.1 Å². The van der Waals surface area contributed by atoms with Crippen molar-refractivity contribution in [2.24, 2.45) is 0 Å². The number of halogens is 1. The van der Waals surface area contributed by atoms with Crippen molar-refractivity contribution in [1.82, 2.24) is 14.9 Å². The van der Waals surface area contributed by atoms with Gasteiger partial charge in [0, 0.05) is 27.6 Å². The molecular weight excluding hydrogens is 462 g/mol. The molecule has 174 valence electrons. The number of para-hydroxylation sites is 1. The summed E-state index contributed by atoms with van der Waals surface area (Å²) in [4.78, 5) is 17.0. The Labute approximate surface area is 207 Å². The normalized spacial score (nSPS) is 11.4. The summed E-state index contributed by atoms with van der Waals surface area (Å²) in [6, 6.07) is 22.8. The second-order valence-electron chi connectivity index (χ2n) is 8.00. The highest BCUT2D eigenvalue weighted by Gasteiger charge is 2.13. The summed E-state index contributed by atoms with van der Waals surface area (Å²) in [7, 11) is 1.48. The first kappa shape index (κ1) is 22.5. The number of pyridine rings is 1. The molecule has 0 aliphatic heterocycles. The van der Waals surface area contributed by atoms with Crippen LogP contribution in [0.4, 0.5) is 0 Å². The molecule has 7 heteroatoms. The molecule has 0 radical (unpaired) electrons. The SMILES string of the molecule is COc1cc(/C=C/C(=O)NCc2cc3c4ccccc4n(-c4ccc(Cl)cc4)c3cn2)ccc1O. The third-order valence-electron chi connectivity index (χ3n) is 5.78. The lowest BCUT2D eigenvalue weighted by Crippen LogP contribution is -2.20. The van der Waals surface area contributed by atoms with Gasteiger partial charge >= 0.3 is 0 Å². The van der Waals surface area contributed by atoms with Gasteiger partial charge in [-0.1, -0.05) is 35.9 Å². The number of fused-ring (bicyclic) bond motifs is 3. The highest BCUT2D eigenvalue weighted by atomic mass is 35.5. The number of nitrogens with one attached hydrogen (secondary N) is 1. The van der Waals surface area contributed by atoms with Crippen molar-refractivity contribution in [3.05, 3.63) is 101 Å². The smallest absolute Gasteiger partial charge is 0.244 e. The summed E-state index contributed by atoms with van der Waals surface area (Å²) in [5, 5.41) is 15.4. The number of carbonyl (C=O) groups is 1. The fourth-order valence-corrected chi connectivity index (χ4v) is 4.21. The van der Waals surface area contributed by atoms with Crippen LogP contribution in [-0.4, -0.2) is 27.7 Å². The number of ether oxygens (including phenoxy) is 1. The molecule has 0 fully saturated rings. The Kier molecular flexibility index (Phi) is 6.12. The van der Waals surface area contributed by atoms with Gasteiger partial charge in [0.05, 0.1) is 36.6 Å². The molecule has 1 amide bonds. The summed E-state index contributed by atoms with van der Waals surface area (Å²) in [5.41, 5.74) is 4.54. The minimum Gasteiger partial charge on any atom is -0.504 e. The summed E-state index contributed by atoms with van der Waals surface area (Å²) in [5.74, 6) is 0.151. The Morgan fingerprint density at radius 3 is 2.66 bits per heavy atom. The molecule has 0 spiro atoms. The van der Waals surface area contributed by atoms with Crippen LogP contribution in [0.1, 0.15) is 11.3 Å². The van der Waals surface area contributed by atoms with E-state index in [0.29, 0.717) is 17.3 Å². The standard InChI is InChI=1S/C28H22ClN3O3/c1-35-27-14-18(6-12-26(27)33)7-13-28(34)31-16-20-15-23-22-4-2-3-5-24(22)32(25(23)17-30-20)21-10-8-19(29)9-11-21/h2-15,17,33H,16H2,1H3,(H,31,34)/b13-7+. The molecule has 2 N–H and O–H groups in total. The van der Waals surface area contributed by atoms with Crippen molar-refractivity contribution in [2.75, 3.05) is 7.11 Å². The van der Waals surface area contributed by atoms with Crippen LogP contribution in [0.15, 0.2) is 85.1 Å². The fraction of sp³-hybridized carbons (Fsp3) is 0.0714. The van der Waals surface area contributed by atoms with Gasteiger partial charge in [0.2, 0.25) is 5.91 Å². The third-order valence-corrected chi connectivity index (χ3v) is 6.03. The molecule has 0 unspecified atom stereocenters. The molecular formula is C28H22ClN3O3. The van der Waals surface area contributed by atoms with E-state index in [1.807, 2.05) is 48.7 Å². The van der Waals surface area contributed by atoms with E-state index in [0.717, 1.165) is 38.8 Å². The maximum absolute atomic E-state index is 12.4. The van der Waals surface area contributed by atoms with Crippen molar-refractivity contribution in [1.29, 1.82) is 0 Å². The van der Waals surface area contributed by atoms with E-state index in [4.69, 9.17) is 16.3 Å². The Bertz CT molecular complexity index is 1570. The third kappa shape index (κ3) is 4.56. The zero-order valence-corrected chi connectivity index (χ0v) is 19.7. The number of aromatic hydroxyl groups is 1. The monoisotopic (exact) mass is 483 g/mol. The second kappa shape index (κ2) is 9.52. The molecule has 0 saturated carbocycles. The van der Waals surface area contributed by atoms with Crippen molar-refractivity contribution in [3.8, 4) is 17.2 Å². The van der Waals surface area contributed by atoms with Gasteiger partial charge in [-0.3, -0.25) is 9.78 Å². The first-order valence-corrected chi connectivity index (χ1v) is 11.4. The van der Waals surface area contributed by atoms with Gasteiger partial charge in [-0.15, -0.1) is 0 Å². The number of carbonyl (C=O) groups excluding carboxylic acids is 1. The number of hydrogen-bond acceptors (Lipinski definition) is 4. The molecule has 0 bridgehead atoms. The van der Waals surface area contributed by atoms with Crippen molar-refractivity contribution < 1.29 is 14.6 Å². The maximum Gasteiger partial charge on any atom is 0.244 e. The molecule has 0 saturated heterocycles. The molecule has 5 rings (SSSR count). The Morgan fingerprint density at radius 2 is 1.86 bits per heavy atom. The van der Waals surface area contributed by atoms with E-state index < -0.39 is 0 Å². The van der Waals surface area contributed by atoms with Crippen LogP contribution in [0.2, 0.25) is 5.02 Å². The van der Waals surface area contributed by atoms with Crippen molar-refractivity contribution >= 4 is 45.4 Å². The van der Waals surface area contributed by atoms with Crippen LogP contribution >= 0.6 is 11.6 Å². The van der Waals surface area contributed by atoms with Gasteiger partial charge < -0.3 is 19.7 Å². The first-order chi connectivity index (χ1) is 17.0. The van der Waals surface area contributed by atoms with Crippen LogP contribution in [0.5, 0.6) is 11.5 Å². The molecule has 6 nitrogen and oxygen atoms in total. The largest absolute Gasteiger partial charge is 0.504 e. The summed E-state index contributed by atoms with van der Waals surface area (Å²) < 4.78 is 7.26. The molecule has 3 aromatic carbocycles. The van der Waals surface area contributed by atoms with Crippen LogP contribution in [0, 0.1) is 0 Å². The lowest BCUT2D eigenvalue weighted by atomic mass is 10.1. The Hall–Kier alpha value is -4.29. The number of hydrogen-bond donors (Lipinski definition) is 2. The maximum atomic E-state index is 12.4. The number of nitrogens with zero attached hydrogens (tertiary/aromatic N) is 2. The van der Waals surface area contributed by atoms with E-state index >= 15 is 0 Å². The molecule has 35 heavy (non-hydrogen) atoms. The van der Waals surface area contributed by atoms with Crippen LogP contribution in [0.3, 0.4) is 0 Å². The van der Waals surface area contributed by atoms with E-state index in [9.17, 15) is 9.90 Å². The quantitative estimate of drug-likeness (QED) is 0.296. The minimum atomic E-state index is -0.248. The number of phenols is 1. The predicted octanol–water partition coefficient (Wildman–Crippen LogP) is 5.88. The molecule has 0 aliphatic carbocycles. The number of rotatable bonds is 6. The minimum absolute atomic E-state index is 0.0491. The topological polar surface area (TPSA) is 76.4 Å². The average Bonchev–Trinajstić information content (AvgIpc) is 3.21.